The quantitative estimate of drug-likeness (QED) is 0.639. The number of nitrogens with zero attached hydrogens (tertiary/aromatic N) is 4. The molecular weight excluding hydrogens is 380 g/mol. The predicted octanol–water partition coefficient (Wildman–Crippen LogP) is 1.33. The van der Waals surface area contributed by atoms with Gasteiger partial charge in [0.15, 0.2) is 6.04 Å². The molecule has 0 bridgehead atoms. The fourth-order valence-corrected chi connectivity index (χ4v) is 4.57. The summed E-state index contributed by atoms with van der Waals surface area (Å²) in [5, 5.41) is 13.6. The van der Waals surface area contributed by atoms with Crippen LogP contribution in [-0.2, 0) is 11.3 Å². The Morgan fingerprint density at radius 2 is 1.90 bits per heavy atom. The molecule has 1 aliphatic heterocycles. The molecule has 0 saturated carbocycles. The molecule has 1 saturated heterocycles. The number of pyridine rings is 1. The number of hydrogen-bond donors (Lipinski definition) is 2. The number of ether oxygens (including phenoxy) is 1. The van der Waals surface area contributed by atoms with Crippen molar-refractivity contribution in [3.05, 3.63) is 51.1 Å². The normalized spacial score (nSPS) is 16.6. The Bertz CT molecular complexity index is 1070. The van der Waals surface area contributed by atoms with E-state index >= 15 is 0 Å². The highest BCUT2D eigenvalue weighted by atomic mass is 16.5. The molecule has 0 unspecified atom stereocenters. The van der Waals surface area contributed by atoms with Crippen LogP contribution in [0.3, 0.4) is 0 Å². The highest BCUT2D eigenvalue weighted by molar-refractivity contribution is 5.85. The lowest BCUT2D eigenvalue weighted by atomic mass is 9.99. The standard InChI is InChI=1S/C22H30N6O2/c1-15-8-9-16(2)19-17(15)14-18(22(29)23-19)20(27-10-6-4-5-7-11-27)21-24-25-26-28(21)12-13-30-3/h8-9,14,20H,4-7,10-13H2,1-3H3,(H,23,29)/p+1/t20-/m1/s1. The zero-order valence-corrected chi connectivity index (χ0v) is 18.1. The number of rotatable bonds is 6. The second kappa shape index (κ2) is 9.06. The van der Waals surface area contributed by atoms with Crippen molar-refractivity contribution < 1.29 is 9.64 Å². The first-order valence-corrected chi connectivity index (χ1v) is 10.8. The molecule has 0 aliphatic carbocycles. The molecule has 4 rings (SSSR count). The lowest BCUT2D eigenvalue weighted by Gasteiger charge is -2.27. The van der Waals surface area contributed by atoms with E-state index in [4.69, 9.17) is 4.74 Å². The molecule has 2 N–H and O–H groups in total. The Balaban J connectivity index is 1.88. The molecule has 8 nitrogen and oxygen atoms in total. The van der Waals surface area contributed by atoms with Crippen LogP contribution in [0.15, 0.2) is 23.0 Å². The Labute approximate surface area is 176 Å². The maximum atomic E-state index is 13.3. The minimum atomic E-state index is -0.206. The highest BCUT2D eigenvalue weighted by Gasteiger charge is 2.34. The van der Waals surface area contributed by atoms with E-state index < -0.39 is 0 Å². The van der Waals surface area contributed by atoms with Gasteiger partial charge in [-0.1, -0.05) is 12.1 Å². The summed E-state index contributed by atoms with van der Waals surface area (Å²) in [5.74, 6) is 0.735. The smallest absolute Gasteiger partial charge is 0.258 e. The largest absolute Gasteiger partial charge is 0.383 e. The van der Waals surface area contributed by atoms with Crippen LogP contribution in [-0.4, -0.2) is 52.0 Å². The van der Waals surface area contributed by atoms with Crippen LogP contribution in [0.25, 0.3) is 10.9 Å². The zero-order chi connectivity index (χ0) is 21.1. The third-order valence-corrected chi connectivity index (χ3v) is 6.26. The van der Waals surface area contributed by atoms with Crippen LogP contribution in [0.4, 0.5) is 0 Å². The van der Waals surface area contributed by atoms with E-state index in [-0.39, 0.29) is 11.6 Å². The number of benzene rings is 1. The maximum absolute atomic E-state index is 13.3. The molecule has 3 heterocycles. The van der Waals surface area contributed by atoms with E-state index in [1.165, 1.54) is 17.7 Å². The molecule has 30 heavy (non-hydrogen) atoms. The molecule has 0 spiro atoms. The predicted molar refractivity (Wildman–Crippen MR) is 115 cm³/mol. The summed E-state index contributed by atoms with van der Waals surface area (Å²) in [4.78, 5) is 17.8. The molecule has 0 amide bonds. The van der Waals surface area contributed by atoms with Crippen molar-refractivity contribution in [2.24, 2.45) is 0 Å². The minimum Gasteiger partial charge on any atom is -0.383 e. The van der Waals surface area contributed by atoms with Crippen LogP contribution < -0.4 is 10.5 Å². The third-order valence-electron chi connectivity index (χ3n) is 6.26. The van der Waals surface area contributed by atoms with Gasteiger partial charge >= 0.3 is 0 Å². The Morgan fingerprint density at radius 3 is 2.63 bits per heavy atom. The number of H-pyrrole nitrogens is 1. The Kier molecular flexibility index (Phi) is 6.24. The number of tetrazole rings is 1. The second-order valence-electron chi connectivity index (χ2n) is 8.30. The average Bonchev–Trinajstić information content (AvgIpc) is 3.03. The summed E-state index contributed by atoms with van der Waals surface area (Å²) >= 11 is 0. The molecule has 2 aromatic heterocycles. The number of aromatic amines is 1. The van der Waals surface area contributed by atoms with Gasteiger partial charge in [-0.05, 0) is 67.2 Å². The van der Waals surface area contributed by atoms with Crippen molar-refractivity contribution >= 4 is 10.9 Å². The molecule has 0 radical (unpaired) electrons. The first-order chi connectivity index (χ1) is 14.6. The molecule has 1 aliphatic rings. The monoisotopic (exact) mass is 411 g/mol. The first-order valence-electron chi connectivity index (χ1n) is 10.8. The second-order valence-corrected chi connectivity index (χ2v) is 8.30. The summed E-state index contributed by atoms with van der Waals surface area (Å²) in [6, 6.07) is 6.02. The lowest BCUT2D eigenvalue weighted by Crippen LogP contribution is -3.12. The molecule has 8 heteroatoms. The number of methoxy groups -OCH3 is 1. The van der Waals surface area contributed by atoms with Gasteiger partial charge in [-0.2, -0.15) is 0 Å². The number of likely N-dealkylation sites (tertiary alicyclic amines) is 1. The number of aromatic nitrogens is 5. The zero-order valence-electron chi connectivity index (χ0n) is 18.1. The molecule has 1 aromatic carbocycles. The minimum absolute atomic E-state index is 0.0563. The number of hydrogen-bond acceptors (Lipinski definition) is 5. The van der Waals surface area contributed by atoms with Gasteiger partial charge in [0.2, 0.25) is 5.82 Å². The van der Waals surface area contributed by atoms with Crippen molar-refractivity contribution in [1.82, 2.24) is 25.2 Å². The van der Waals surface area contributed by atoms with Gasteiger partial charge in [-0.15, -0.1) is 5.10 Å². The van der Waals surface area contributed by atoms with E-state index in [2.05, 4.69) is 45.6 Å². The van der Waals surface area contributed by atoms with Gasteiger partial charge in [-0.3, -0.25) is 4.79 Å². The van der Waals surface area contributed by atoms with E-state index in [0.717, 1.165) is 59.3 Å². The molecule has 3 aromatic rings. The Morgan fingerprint density at radius 1 is 1.17 bits per heavy atom. The number of nitrogens with one attached hydrogen (secondary N) is 2. The summed E-state index contributed by atoms with van der Waals surface area (Å²) in [6.45, 7) is 7.21. The SMILES string of the molecule is COCCn1nnnc1[C@@H](c1cc2c(C)ccc(C)c2[nH]c1=O)[NH+]1CCCCCC1. The number of fused-ring (bicyclic) bond motifs is 1. The molecule has 1 fully saturated rings. The van der Waals surface area contributed by atoms with Crippen LogP contribution in [0.2, 0.25) is 0 Å². The molecular formula is C22H31N6O2+. The number of aryl methyl sites for hydroxylation is 2. The van der Waals surface area contributed by atoms with Crippen molar-refractivity contribution in [1.29, 1.82) is 0 Å². The van der Waals surface area contributed by atoms with Crippen molar-refractivity contribution in [2.75, 3.05) is 26.8 Å². The summed E-state index contributed by atoms with van der Waals surface area (Å²) in [6.07, 6.45) is 4.76. The van der Waals surface area contributed by atoms with E-state index in [0.29, 0.717) is 13.2 Å². The summed E-state index contributed by atoms with van der Waals surface area (Å²) < 4.78 is 7.03. The Hall–Kier alpha value is -2.58. The van der Waals surface area contributed by atoms with Gasteiger partial charge in [0.25, 0.3) is 5.56 Å². The van der Waals surface area contributed by atoms with Gasteiger partial charge < -0.3 is 14.6 Å². The van der Waals surface area contributed by atoms with Crippen LogP contribution >= 0.6 is 0 Å². The molecule has 1 atom stereocenters. The van der Waals surface area contributed by atoms with E-state index in [1.807, 2.05) is 6.92 Å². The topological polar surface area (TPSA) is 90.1 Å². The fourth-order valence-electron chi connectivity index (χ4n) is 4.57. The summed E-state index contributed by atoms with van der Waals surface area (Å²) in [7, 11) is 1.67. The van der Waals surface area contributed by atoms with Gasteiger partial charge in [0.1, 0.15) is 0 Å². The van der Waals surface area contributed by atoms with Crippen LogP contribution in [0.5, 0.6) is 0 Å². The third kappa shape index (κ3) is 4.02. The first kappa shape index (κ1) is 20.7. The average molecular weight is 412 g/mol. The fraction of sp³-hybridized carbons (Fsp3) is 0.545. The molecule has 160 valence electrons. The maximum Gasteiger partial charge on any atom is 0.258 e. The lowest BCUT2D eigenvalue weighted by molar-refractivity contribution is -0.925. The van der Waals surface area contributed by atoms with E-state index in [9.17, 15) is 4.79 Å². The van der Waals surface area contributed by atoms with Gasteiger partial charge in [-0.25, -0.2) is 4.68 Å². The highest BCUT2D eigenvalue weighted by Crippen LogP contribution is 2.23. The van der Waals surface area contributed by atoms with Crippen LogP contribution in [0.1, 0.15) is 54.2 Å². The van der Waals surface area contributed by atoms with Crippen molar-refractivity contribution in [3.8, 4) is 0 Å². The van der Waals surface area contributed by atoms with Crippen molar-refractivity contribution in [3.63, 3.8) is 0 Å². The van der Waals surface area contributed by atoms with Crippen molar-refractivity contribution in [2.45, 2.75) is 52.1 Å². The number of quaternary nitrogens is 1. The summed E-state index contributed by atoms with van der Waals surface area (Å²) in [5.41, 5.74) is 3.81. The van der Waals surface area contributed by atoms with Gasteiger partial charge in [0.05, 0.1) is 37.3 Å². The van der Waals surface area contributed by atoms with E-state index in [1.54, 1.807) is 11.8 Å². The van der Waals surface area contributed by atoms with Crippen LogP contribution in [0, 0.1) is 13.8 Å². The van der Waals surface area contributed by atoms with Gasteiger partial charge in [0, 0.05) is 12.5 Å².